The van der Waals surface area contributed by atoms with Gasteiger partial charge in [-0.15, -0.1) is 0 Å². The molecule has 0 radical (unpaired) electrons. The SMILES string of the molecule is COc1ccc(CN(C(=O)c2ccc(C(F)(F)F)cc2)C2CC2)cc1OCCc1ccccn1. The highest BCUT2D eigenvalue weighted by Crippen LogP contribution is 2.34. The number of carbonyl (C=O) groups is 1. The lowest BCUT2D eigenvalue weighted by Crippen LogP contribution is -2.32. The topological polar surface area (TPSA) is 51.7 Å². The van der Waals surface area contributed by atoms with Crippen LogP contribution in [0.4, 0.5) is 13.2 Å². The Labute approximate surface area is 196 Å². The molecule has 1 aliphatic rings. The molecule has 8 heteroatoms. The minimum atomic E-state index is -4.44. The van der Waals surface area contributed by atoms with Crippen LogP contribution in [0, 0.1) is 0 Å². The summed E-state index contributed by atoms with van der Waals surface area (Å²) in [6.45, 7) is 0.735. The molecule has 1 saturated carbocycles. The summed E-state index contributed by atoms with van der Waals surface area (Å²) in [5.74, 6) is 0.857. The van der Waals surface area contributed by atoms with Crippen LogP contribution in [-0.4, -0.2) is 35.5 Å². The maximum Gasteiger partial charge on any atom is 0.416 e. The van der Waals surface area contributed by atoms with Crippen LogP contribution in [0.3, 0.4) is 0 Å². The van der Waals surface area contributed by atoms with Gasteiger partial charge in [-0.25, -0.2) is 0 Å². The Morgan fingerprint density at radius 2 is 1.82 bits per heavy atom. The summed E-state index contributed by atoms with van der Waals surface area (Å²) in [6.07, 6.45) is -0.328. The highest BCUT2D eigenvalue weighted by molar-refractivity contribution is 5.94. The molecule has 3 aromatic rings. The van der Waals surface area contributed by atoms with Crippen molar-refractivity contribution in [2.45, 2.75) is 38.0 Å². The van der Waals surface area contributed by atoms with Crippen molar-refractivity contribution in [1.82, 2.24) is 9.88 Å². The summed E-state index contributed by atoms with van der Waals surface area (Å²) in [6, 6.07) is 15.6. The van der Waals surface area contributed by atoms with Crippen LogP contribution >= 0.6 is 0 Å². The smallest absolute Gasteiger partial charge is 0.416 e. The quantitative estimate of drug-likeness (QED) is 0.412. The second kappa shape index (κ2) is 10.2. The number of halogens is 3. The van der Waals surface area contributed by atoms with Crippen LogP contribution in [0.25, 0.3) is 0 Å². The average Bonchev–Trinajstić information content (AvgIpc) is 3.68. The molecule has 0 bridgehead atoms. The molecule has 0 saturated heterocycles. The number of aromatic nitrogens is 1. The molecule has 0 spiro atoms. The Morgan fingerprint density at radius 1 is 1.06 bits per heavy atom. The number of methoxy groups -OCH3 is 1. The summed E-state index contributed by atoms with van der Waals surface area (Å²) in [5, 5.41) is 0. The summed E-state index contributed by atoms with van der Waals surface area (Å²) in [4.78, 5) is 19.1. The van der Waals surface area contributed by atoms with E-state index in [4.69, 9.17) is 9.47 Å². The van der Waals surface area contributed by atoms with Gasteiger partial charge in [-0.1, -0.05) is 12.1 Å². The Hall–Kier alpha value is -3.55. The standard InChI is InChI=1S/C26H25F3N2O3/c1-33-23-12-5-18(16-24(23)34-15-13-21-4-2-3-14-30-21)17-31(22-10-11-22)25(32)19-6-8-20(9-7-19)26(27,28)29/h2-9,12,14,16,22H,10-11,13,15,17H2,1H3. The van der Waals surface area contributed by atoms with Crippen LogP contribution in [0.15, 0.2) is 66.9 Å². The van der Waals surface area contributed by atoms with Crippen molar-refractivity contribution in [3.05, 3.63) is 89.2 Å². The minimum Gasteiger partial charge on any atom is -0.493 e. The normalized spacial score (nSPS) is 13.4. The highest BCUT2D eigenvalue weighted by atomic mass is 19.4. The lowest BCUT2D eigenvalue weighted by atomic mass is 10.1. The molecule has 178 valence electrons. The van der Waals surface area contributed by atoms with Gasteiger partial charge in [0.2, 0.25) is 0 Å². The fraction of sp³-hybridized carbons (Fsp3) is 0.308. The molecule has 1 aliphatic carbocycles. The molecule has 0 N–H and O–H groups in total. The molecule has 4 rings (SSSR count). The second-order valence-corrected chi connectivity index (χ2v) is 8.14. The minimum absolute atomic E-state index is 0.0745. The van der Waals surface area contributed by atoms with E-state index in [1.165, 1.54) is 12.1 Å². The van der Waals surface area contributed by atoms with Crippen molar-refractivity contribution in [2.75, 3.05) is 13.7 Å². The van der Waals surface area contributed by atoms with Crippen LogP contribution in [0.5, 0.6) is 11.5 Å². The van der Waals surface area contributed by atoms with Gasteiger partial charge in [-0.2, -0.15) is 13.2 Å². The number of rotatable bonds is 9. The van der Waals surface area contributed by atoms with E-state index < -0.39 is 11.7 Å². The van der Waals surface area contributed by atoms with Gasteiger partial charge in [0.1, 0.15) is 0 Å². The van der Waals surface area contributed by atoms with Gasteiger partial charge in [-0.3, -0.25) is 9.78 Å². The lowest BCUT2D eigenvalue weighted by Gasteiger charge is -2.23. The maximum absolute atomic E-state index is 13.1. The number of alkyl halides is 3. The maximum atomic E-state index is 13.1. The summed E-state index contributed by atoms with van der Waals surface area (Å²) in [5.41, 5.74) is 1.23. The van der Waals surface area contributed by atoms with Gasteiger partial charge in [0.05, 0.1) is 19.3 Å². The molecular weight excluding hydrogens is 445 g/mol. The first-order valence-corrected chi connectivity index (χ1v) is 11.0. The number of carbonyl (C=O) groups excluding carboxylic acids is 1. The van der Waals surface area contributed by atoms with Gasteiger partial charge >= 0.3 is 6.18 Å². The Balaban J connectivity index is 1.47. The summed E-state index contributed by atoms with van der Waals surface area (Å²) >= 11 is 0. The van der Waals surface area contributed by atoms with Crippen molar-refractivity contribution in [3.63, 3.8) is 0 Å². The largest absolute Gasteiger partial charge is 0.493 e. The van der Waals surface area contributed by atoms with E-state index in [0.29, 0.717) is 31.1 Å². The van der Waals surface area contributed by atoms with E-state index in [9.17, 15) is 18.0 Å². The third-order valence-corrected chi connectivity index (χ3v) is 5.63. The zero-order valence-corrected chi connectivity index (χ0v) is 18.7. The van der Waals surface area contributed by atoms with Gasteiger partial charge in [0, 0.05) is 36.5 Å². The predicted octanol–water partition coefficient (Wildman–Crippen LogP) is 5.54. The summed E-state index contributed by atoms with van der Waals surface area (Å²) < 4.78 is 50.0. The van der Waals surface area contributed by atoms with Gasteiger partial charge in [-0.05, 0) is 66.9 Å². The van der Waals surface area contributed by atoms with Crippen LogP contribution in [-0.2, 0) is 19.1 Å². The third kappa shape index (κ3) is 5.87. The first kappa shape index (κ1) is 23.6. The third-order valence-electron chi connectivity index (χ3n) is 5.63. The number of hydrogen-bond donors (Lipinski definition) is 0. The van der Waals surface area contributed by atoms with Crippen LogP contribution < -0.4 is 9.47 Å². The van der Waals surface area contributed by atoms with E-state index >= 15 is 0 Å². The molecule has 0 atom stereocenters. The number of amides is 1. The number of benzene rings is 2. The van der Waals surface area contributed by atoms with Gasteiger partial charge in [0.15, 0.2) is 11.5 Å². The van der Waals surface area contributed by atoms with Crippen molar-refractivity contribution in [1.29, 1.82) is 0 Å². The van der Waals surface area contributed by atoms with Gasteiger partial charge < -0.3 is 14.4 Å². The van der Waals surface area contributed by atoms with Crippen molar-refractivity contribution < 1.29 is 27.4 Å². The number of ether oxygens (including phenoxy) is 2. The van der Waals surface area contributed by atoms with Crippen LogP contribution in [0.1, 0.15) is 40.0 Å². The number of nitrogens with zero attached hydrogens (tertiary/aromatic N) is 2. The van der Waals surface area contributed by atoms with E-state index in [1.807, 2.05) is 30.3 Å². The molecule has 1 aromatic heterocycles. The monoisotopic (exact) mass is 470 g/mol. The van der Waals surface area contributed by atoms with E-state index in [1.54, 1.807) is 24.3 Å². The predicted molar refractivity (Wildman–Crippen MR) is 121 cm³/mol. The average molecular weight is 470 g/mol. The molecule has 0 aliphatic heterocycles. The van der Waals surface area contributed by atoms with E-state index in [-0.39, 0.29) is 17.5 Å². The van der Waals surface area contributed by atoms with Crippen molar-refractivity contribution in [2.24, 2.45) is 0 Å². The number of hydrogen-bond acceptors (Lipinski definition) is 4. The first-order chi connectivity index (χ1) is 16.3. The van der Waals surface area contributed by atoms with E-state index in [2.05, 4.69) is 4.98 Å². The first-order valence-electron chi connectivity index (χ1n) is 11.0. The zero-order valence-electron chi connectivity index (χ0n) is 18.7. The van der Waals surface area contributed by atoms with Crippen molar-refractivity contribution >= 4 is 5.91 Å². The molecule has 34 heavy (non-hydrogen) atoms. The summed E-state index contributed by atoms with van der Waals surface area (Å²) in [7, 11) is 1.56. The van der Waals surface area contributed by atoms with Crippen LogP contribution in [0.2, 0.25) is 0 Å². The molecule has 5 nitrogen and oxygen atoms in total. The van der Waals surface area contributed by atoms with Gasteiger partial charge in [0.25, 0.3) is 5.91 Å². The molecule has 1 heterocycles. The zero-order chi connectivity index (χ0) is 24.1. The fourth-order valence-corrected chi connectivity index (χ4v) is 3.66. The second-order valence-electron chi connectivity index (χ2n) is 8.14. The Kier molecular flexibility index (Phi) is 7.05. The Bertz CT molecular complexity index is 1110. The molecule has 0 unspecified atom stereocenters. The highest BCUT2D eigenvalue weighted by Gasteiger charge is 2.34. The van der Waals surface area contributed by atoms with E-state index in [0.717, 1.165) is 36.2 Å². The molecule has 1 fully saturated rings. The molecule has 1 amide bonds. The number of pyridine rings is 1. The molecule has 2 aromatic carbocycles. The fourth-order valence-electron chi connectivity index (χ4n) is 3.66. The Morgan fingerprint density at radius 3 is 2.44 bits per heavy atom. The molecular formula is C26H25F3N2O3. The lowest BCUT2D eigenvalue weighted by molar-refractivity contribution is -0.137. The van der Waals surface area contributed by atoms with Crippen molar-refractivity contribution in [3.8, 4) is 11.5 Å².